The first-order valence-electron chi connectivity index (χ1n) is 13.4. The summed E-state index contributed by atoms with van der Waals surface area (Å²) in [6.45, 7) is 6.76. The molecule has 1 saturated heterocycles. The van der Waals surface area contributed by atoms with Crippen LogP contribution in [0.2, 0.25) is 0 Å². The van der Waals surface area contributed by atoms with Gasteiger partial charge in [-0.2, -0.15) is 0 Å². The smallest absolute Gasteiger partial charge is 0.332 e. The number of para-hydroxylation sites is 1. The van der Waals surface area contributed by atoms with Gasteiger partial charge in [0, 0.05) is 29.4 Å². The lowest BCUT2D eigenvalue weighted by atomic mass is 9.78. The zero-order valence-electron chi connectivity index (χ0n) is 22.5. The van der Waals surface area contributed by atoms with Crippen LogP contribution in [0.25, 0.3) is 10.9 Å². The van der Waals surface area contributed by atoms with Gasteiger partial charge in [-0.3, -0.25) is 4.79 Å². The van der Waals surface area contributed by atoms with Crippen molar-refractivity contribution in [2.45, 2.75) is 38.6 Å². The maximum atomic E-state index is 14.9. The molecule has 3 amide bonds. The molecule has 40 heavy (non-hydrogen) atoms. The molecule has 9 heteroatoms. The first kappa shape index (κ1) is 25.9. The number of urea groups is 1. The fourth-order valence-corrected chi connectivity index (χ4v) is 5.91. The highest BCUT2D eigenvalue weighted by atomic mass is 19.1. The predicted octanol–water partition coefficient (Wildman–Crippen LogP) is 6.46. The minimum Gasteiger partial charge on any atom is -0.490 e. The van der Waals surface area contributed by atoms with Gasteiger partial charge < -0.3 is 19.4 Å². The molecule has 2 unspecified atom stereocenters. The number of carbonyl (C=O) groups excluding carboxylic acids is 2. The van der Waals surface area contributed by atoms with Gasteiger partial charge in [-0.1, -0.05) is 31.2 Å². The van der Waals surface area contributed by atoms with Gasteiger partial charge in [-0.25, -0.2) is 18.5 Å². The summed E-state index contributed by atoms with van der Waals surface area (Å²) in [5.74, 6) is -1.47. The molecule has 1 aromatic heterocycles. The number of nitrogens with one attached hydrogen (secondary N) is 1. The molecule has 2 aliphatic rings. The second-order valence-corrected chi connectivity index (χ2v) is 10.2. The zero-order valence-corrected chi connectivity index (χ0v) is 22.5. The molecule has 1 fully saturated rings. The van der Waals surface area contributed by atoms with Crippen LogP contribution >= 0.6 is 0 Å². The normalized spacial score (nSPS) is 20.2. The monoisotopic (exact) mass is 545 g/mol. The van der Waals surface area contributed by atoms with E-state index in [0.29, 0.717) is 36.5 Å². The molecule has 0 aliphatic carbocycles. The summed E-state index contributed by atoms with van der Waals surface area (Å²) >= 11 is 0. The summed E-state index contributed by atoms with van der Waals surface area (Å²) in [4.78, 5) is 33.6. The first-order valence-corrected chi connectivity index (χ1v) is 13.4. The van der Waals surface area contributed by atoms with E-state index in [2.05, 4.69) is 4.98 Å². The second-order valence-electron chi connectivity index (χ2n) is 10.2. The molecule has 3 aromatic carbocycles. The minimum atomic E-state index is -1.42. The van der Waals surface area contributed by atoms with Gasteiger partial charge in [0.2, 0.25) is 0 Å². The zero-order chi connectivity index (χ0) is 28.2. The Bertz CT molecular complexity index is 1650. The number of amides is 3. The number of nitrogens with zero attached hydrogens (tertiary/aromatic N) is 2. The number of fused-ring (bicyclic) bond motifs is 5. The summed E-state index contributed by atoms with van der Waals surface area (Å²) in [5.41, 5.74) is 1.46. The van der Waals surface area contributed by atoms with Gasteiger partial charge in [-0.15, -0.1) is 0 Å². The molecule has 0 spiro atoms. The standard InChI is InChI=1S/C31H29F2N3O4/c1-4-14-40-25-13-10-18(15-26(25)39-5-2)21-17-35-30(38)36(24-12-11-19(32)16-22(24)33)29(37)31(35,3)28-27(21)20-8-6-7-9-23(20)34-28/h6-13,15-16,21,34H,4-5,14,17H2,1-3H3. The van der Waals surface area contributed by atoms with Gasteiger partial charge in [0.05, 0.1) is 24.6 Å². The van der Waals surface area contributed by atoms with Crippen LogP contribution in [0.5, 0.6) is 11.5 Å². The van der Waals surface area contributed by atoms with Crippen molar-refractivity contribution >= 4 is 28.5 Å². The maximum Gasteiger partial charge on any atom is 0.332 e. The number of H-pyrrole nitrogens is 1. The molecule has 206 valence electrons. The van der Waals surface area contributed by atoms with Gasteiger partial charge in [0.1, 0.15) is 11.6 Å². The van der Waals surface area contributed by atoms with Crippen molar-refractivity contribution < 1.29 is 27.8 Å². The first-order chi connectivity index (χ1) is 19.3. The number of aromatic amines is 1. The van der Waals surface area contributed by atoms with Gasteiger partial charge in [0.15, 0.2) is 17.0 Å². The summed E-state index contributed by atoms with van der Waals surface area (Å²) in [5, 5.41) is 0.930. The van der Waals surface area contributed by atoms with E-state index in [-0.39, 0.29) is 18.2 Å². The Morgan fingerprint density at radius 3 is 2.55 bits per heavy atom. The Hall–Kier alpha value is -4.40. The highest BCUT2D eigenvalue weighted by Crippen LogP contribution is 2.51. The molecule has 3 heterocycles. The third-order valence-electron chi connectivity index (χ3n) is 7.81. The summed E-state index contributed by atoms with van der Waals surface area (Å²) in [7, 11) is 0. The van der Waals surface area contributed by atoms with Crippen LogP contribution in [0, 0.1) is 11.6 Å². The average molecular weight is 546 g/mol. The number of ether oxygens (including phenoxy) is 2. The third kappa shape index (κ3) is 3.75. The van der Waals surface area contributed by atoms with E-state index in [1.165, 1.54) is 4.90 Å². The molecule has 1 N–H and O–H groups in total. The van der Waals surface area contributed by atoms with Crippen LogP contribution < -0.4 is 14.4 Å². The Kier molecular flexibility index (Phi) is 6.24. The van der Waals surface area contributed by atoms with E-state index in [1.807, 2.05) is 56.3 Å². The number of benzene rings is 3. The highest BCUT2D eigenvalue weighted by molar-refractivity contribution is 6.23. The van der Waals surface area contributed by atoms with Crippen LogP contribution in [0.15, 0.2) is 60.7 Å². The average Bonchev–Trinajstić information content (AvgIpc) is 3.42. The quantitative estimate of drug-likeness (QED) is 0.271. The van der Waals surface area contributed by atoms with Gasteiger partial charge in [-0.05, 0) is 61.7 Å². The molecule has 4 aromatic rings. The van der Waals surface area contributed by atoms with E-state index in [1.54, 1.807) is 6.92 Å². The summed E-state index contributed by atoms with van der Waals surface area (Å²) in [6.07, 6.45) is 0.851. The number of hydrogen-bond acceptors (Lipinski definition) is 4. The minimum absolute atomic E-state index is 0.163. The van der Waals surface area contributed by atoms with Crippen molar-refractivity contribution in [3.8, 4) is 11.5 Å². The number of anilines is 1. The molecular formula is C31H29F2N3O4. The largest absolute Gasteiger partial charge is 0.490 e. The van der Waals surface area contributed by atoms with Crippen molar-refractivity contribution in [3.63, 3.8) is 0 Å². The number of carbonyl (C=O) groups is 2. The lowest BCUT2D eigenvalue weighted by Gasteiger charge is -2.40. The van der Waals surface area contributed by atoms with Crippen LogP contribution in [-0.4, -0.2) is 41.6 Å². The van der Waals surface area contributed by atoms with E-state index < -0.39 is 29.1 Å². The highest BCUT2D eigenvalue weighted by Gasteiger charge is 2.61. The fraction of sp³-hybridized carbons (Fsp3) is 0.290. The fourth-order valence-electron chi connectivity index (χ4n) is 5.91. The van der Waals surface area contributed by atoms with Crippen LogP contribution in [0.4, 0.5) is 19.3 Å². The Morgan fingerprint density at radius 2 is 1.80 bits per heavy atom. The number of imide groups is 1. The molecular weight excluding hydrogens is 516 g/mol. The van der Waals surface area contributed by atoms with Crippen molar-refractivity contribution in [1.29, 1.82) is 0 Å². The lowest BCUT2D eigenvalue weighted by molar-refractivity contribution is -0.125. The molecule has 0 saturated carbocycles. The van der Waals surface area contributed by atoms with Crippen molar-refractivity contribution in [2.24, 2.45) is 0 Å². The number of hydrogen-bond donors (Lipinski definition) is 1. The third-order valence-corrected chi connectivity index (χ3v) is 7.81. The van der Waals surface area contributed by atoms with E-state index in [9.17, 15) is 18.4 Å². The Balaban J connectivity index is 1.52. The molecule has 2 atom stereocenters. The van der Waals surface area contributed by atoms with Crippen LogP contribution in [0.1, 0.15) is 49.9 Å². The van der Waals surface area contributed by atoms with Crippen molar-refractivity contribution in [2.75, 3.05) is 24.7 Å². The molecule has 0 radical (unpaired) electrons. The van der Waals surface area contributed by atoms with Crippen molar-refractivity contribution in [3.05, 3.63) is 89.1 Å². The molecule has 6 rings (SSSR count). The van der Waals surface area contributed by atoms with Crippen LogP contribution in [0.3, 0.4) is 0 Å². The topological polar surface area (TPSA) is 74.9 Å². The molecule has 0 bridgehead atoms. The lowest BCUT2D eigenvalue weighted by Crippen LogP contribution is -2.50. The van der Waals surface area contributed by atoms with E-state index in [4.69, 9.17) is 9.47 Å². The summed E-state index contributed by atoms with van der Waals surface area (Å²) in [6, 6.07) is 15.6. The number of rotatable bonds is 7. The summed E-state index contributed by atoms with van der Waals surface area (Å²) < 4.78 is 40.3. The SMILES string of the molecule is CCCOc1ccc(C2CN3C(=O)N(c4ccc(F)cc4F)C(=O)C3(C)c3[nH]c4ccccc4c32)cc1OCC. The maximum absolute atomic E-state index is 14.9. The molecule has 2 aliphatic heterocycles. The van der Waals surface area contributed by atoms with Crippen LogP contribution in [-0.2, 0) is 10.3 Å². The Morgan fingerprint density at radius 1 is 1.00 bits per heavy atom. The second kappa shape index (κ2) is 9.66. The van der Waals surface area contributed by atoms with E-state index >= 15 is 0 Å². The Labute approximate surface area is 230 Å². The van der Waals surface area contributed by atoms with Gasteiger partial charge in [0.25, 0.3) is 5.91 Å². The number of halogens is 2. The molecule has 7 nitrogen and oxygen atoms in total. The number of aromatic nitrogens is 1. The van der Waals surface area contributed by atoms with Crippen molar-refractivity contribution in [1.82, 2.24) is 9.88 Å². The van der Waals surface area contributed by atoms with E-state index in [0.717, 1.165) is 45.5 Å². The van der Waals surface area contributed by atoms with Gasteiger partial charge >= 0.3 is 6.03 Å². The predicted molar refractivity (Wildman–Crippen MR) is 147 cm³/mol.